The summed E-state index contributed by atoms with van der Waals surface area (Å²) >= 11 is 0. The van der Waals surface area contributed by atoms with E-state index in [0.29, 0.717) is 11.7 Å². The molecule has 0 aromatic heterocycles. The lowest BCUT2D eigenvalue weighted by atomic mass is 9.78. The Bertz CT molecular complexity index is 233. The molecule has 0 saturated heterocycles. The standard InChI is InChI=1S/C11H16O/c1-6-10(12)5-9-7-2-3-8(4-7)11(6)9/h6-9,11H,2-5H2,1H3. The minimum absolute atomic E-state index is 0.408. The predicted molar refractivity (Wildman–Crippen MR) is 46.6 cm³/mol. The summed E-state index contributed by atoms with van der Waals surface area (Å²) in [5.41, 5.74) is 0. The molecule has 0 spiro atoms. The quantitative estimate of drug-likeness (QED) is 0.536. The third kappa shape index (κ3) is 0.681. The van der Waals surface area contributed by atoms with Crippen LogP contribution in [-0.2, 0) is 4.79 Å². The van der Waals surface area contributed by atoms with E-state index in [1.807, 2.05) is 0 Å². The van der Waals surface area contributed by atoms with E-state index in [9.17, 15) is 4.79 Å². The highest BCUT2D eigenvalue weighted by molar-refractivity contribution is 5.83. The van der Waals surface area contributed by atoms with Gasteiger partial charge in [-0.25, -0.2) is 0 Å². The molecule has 1 nitrogen and oxygen atoms in total. The summed E-state index contributed by atoms with van der Waals surface area (Å²) in [7, 11) is 0. The Balaban J connectivity index is 1.95. The van der Waals surface area contributed by atoms with Gasteiger partial charge in [0.15, 0.2) is 0 Å². The van der Waals surface area contributed by atoms with Crippen LogP contribution in [0.15, 0.2) is 0 Å². The predicted octanol–water partition coefficient (Wildman–Crippen LogP) is 2.26. The molecule has 12 heavy (non-hydrogen) atoms. The summed E-state index contributed by atoms with van der Waals surface area (Å²) in [4.78, 5) is 11.5. The molecule has 0 aromatic rings. The largest absolute Gasteiger partial charge is 0.299 e. The van der Waals surface area contributed by atoms with Gasteiger partial charge >= 0.3 is 0 Å². The Kier molecular flexibility index (Phi) is 1.26. The number of Topliss-reactive ketones (excluding diaryl/α,β-unsaturated/α-hetero) is 1. The van der Waals surface area contributed by atoms with E-state index in [2.05, 4.69) is 6.92 Å². The van der Waals surface area contributed by atoms with Gasteiger partial charge in [-0.3, -0.25) is 4.79 Å². The summed E-state index contributed by atoms with van der Waals surface area (Å²) in [6.07, 6.45) is 5.22. The Hall–Kier alpha value is -0.330. The monoisotopic (exact) mass is 164 g/mol. The molecule has 0 radical (unpaired) electrons. The average Bonchev–Trinajstić information content (AvgIpc) is 2.66. The van der Waals surface area contributed by atoms with Crippen LogP contribution in [0.4, 0.5) is 0 Å². The average molecular weight is 164 g/mol. The highest BCUT2D eigenvalue weighted by Gasteiger charge is 2.54. The van der Waals surface area contributed by atoms with E-state index >= 15 is 0 Å². The van der Waals surface area contributed by atoms with Crippen molar-refractivity contribution in [2.45, 2.75) is 32.6 Å². The molecule has 0 aromatic carbocycles. The fourth-order valence-corrected chi connectivity index (χ4v) is 4.17. The maximum Gasteiger partial charge on any atom is 0.136 e. The van der Waals surface area contributed by atoms with E-state index in [-0.39, 0.29) is 0 Å². The van der Waals surface area contributed by atoms with E-state index in [1.165, 1.54) is 19.3 Å². The number of carbonyl (C=O) groups is 1. The molecule has 0 heterocycles. The van der Waals surface area contributed by atoms with Gasteiger partial charge in [0.25, 0.3) is 0 Å². The molecule has 0 amide bonds. The van der Waals surface area contributed by atoms with Gasteiger partial charge in [0.1, 0.15) is 5.78 Å². The van der Waals surface area contributed by atoms with Crippen LogP contribution in [0, 0.1) is 29.6 Å². The molecular weight excluding hydrogens is 148 g/mol. The topological polar surface area (TPSA) is 17.1 Å². The zero-order valence-electron chi connectivity index (χ0n) is 7.62. The molecule has 3 aliphatic carbocycles. The van der Waals surface area contributed by atoms with Gasteiger partial charge in [-0.2, -0.15) is 0 Å². The Labute approximate surface area is 73.5 Å². The van der Waals surface area contributed by atoms with Crippen molar-refractivity contribution in [1.82, 2.24) is 0 Å². The molecular formula is C11H16O. The van der Waals surface area contributed by atoms with Gasteiger partial charge in [-0.05, 0) is 42.9 Å². The molecule has 0 N–H and O–H groups in total. The minimum Gasteiger partial charge on any atom is -0.299 e. The molecule has 3 rings (SSSR count). The molecule has 1 heteroatoms. The Morgan fingerprint density at radius 1 is 1.25 bits per heavy atom. The SMILES string of the molecule is CC1C(=O)CC2C3CCC(C3)C12. The lowest BCUT2D eigenvalue weighted by Gasteiger charge is -2.25. The summed E-state index contributed by atoms with van der Waals surface area (Å²) in [5.74, 6) is 4.45. The fourth-order valence-electron chi connectivity index (χ4n) is 4.17. The van der Waals surface area contributed by atoms with Crippen LogP contribution >= 0.6 is 0 Å². The molecule has 0 aliphatic heterocycles. The fraction of sp³-hybridized carbons (Fsp3) is 0.909. The van der Waals surface area contributed by atoms with Crippen molar-refractivity contribution >= 4 is 5.78 Å². The maximum absolute atomic E-state index is 11.5. The summed E-state index contributed by atoms with van der Waals surface area (Å²) in [6, 6.07) is 0. The summed E-state index contributed by atoms with van der Waals surface area (Å²) in [5, 5.41) is 0. The van der Waals surface area contributed by atoms with Crippen molar-refractivity contribution in [3.8, 4) is 0 Å². The minimum atomic E-state index is 0.408. The molecule has 3 fully saturated rings. The zero-order valence-corrected chi connectivity index (χ0v) is 7.62. The van der Waals surface area contributed by atoms with Gasteiger partial charge in [0, 0.05) is 12.3 Å². The van der Waals surface area contributed by atoms with Gasteiger partial charge in [-0.15, -0.1) is 0 Å². The van der Waals surface area contributed by atoms with Crippen molar-refractivity contribution in [3.63, 3.8) is 0 Å². The van der Waals surface area contributed by atoms with Crippen LogP contribution in [-0.4, -0.2) is 5.78 Å². The molecule has 66 valence electrons. The van der Waals surface area contributed by atoms with Crippen molar-refractivity contribution in [2.75, 3.05) is 0 Å². The number of hydrogen-bond donors (Lipinski definition) is 0. The number of rotatable bonds is 0. The second kappa shape index (κ2) is 2.12. The highest BCUT2D eigenvalue weighted by Crippen LogP contribution is 2.59. The first-order valence-corrected chi connectivity index (χ1v) is 5.30. The van der Waals surface area contributed by atoms with E-state index in [0.717, 1.165) is 30.1 Å². The summed E-state index contributed by atoms with van der Waals surface area (Å²) < 4.78 is 0. The number of ketones is 1. The van der Waals surface area contributed by atoms with Gasteiger partial charge in [0.05, 0.1) is 0 Å². The van der Waals surface area contributed by atoms with Gasteiger partial charge < -0.3 is 0 Å². The van der Waals surface area contributed by atoms with Crippen LogP contribution in [0.5, 0.6) is 0 Å². The van der Waals surface area contributed by atoms with E-state index in [1.54, 1.807) is 0 Å². The van der Waals surface area contributed by atoms with Gasteiger partial charge in [0.2, 0.25) is 0 Å². The van der Waals surface area contributed by atoms with Crippen LogP contribution in [0.25, 0.3) is 0 Å². The van der Waals surface area contributed by atoms with Crippen LogP contribution in [0.3, 0.4) is 0 Å². The third-order valence-corrected chi connectivity index (χ3v) is 4.68. The first-order chi connectivity index (χ1) is 5.77. The van der Waals surface area contributed by atoms with Crippen LogP contribution in [0.1, 0.15) is 32.6 Å². The van der Waals surface area contributed by atoms with Crippen molar-refractivity contribution < 1.29 is 4.79 Å². The van der Waals surface area contributed by atoms with Crippen LogP contribution in [0.2, 0.25) is 0 Å². The number of fused-ring (bicyclic) bond motifs is 5. The van der Waals surface area contributed by atoms with Gasteiger partial charge in [-0.1, -0.05) is 6.92 Å². The normalized spacial score (nSPS) is 56.4. The third-order valence-electron chi connectivity index (χ3n) is 4.68. The second-order valence-corrected chi connectivity index (χ2v) is 5.03. The first kappa shape index (κ1) is 7.11. The van der Waals surface area contributed by atoms with Crippen molar-refractivity contribution in [1.29, 1.82) is 0 Å². The molecule has 3 saturated carbocycles. The molecule has 5 atom stereocenters. The van der Waals surface area contributed by atoms with Crippen LogP contribution < -0.4 is 0 Å². The second-order valence-electron chi connectivity index (χ2n) is 5.03. The lowest BCUT2D eigenvalue weighted by Crippen LogP contribution is -2.21. The first-order valence-electron chi connectivity index (χ1n) is 5.30. The zero-order chi connectivity index (χ0) is 8.29. The molecule has 5 unspecified atom stereocenters. The van der Waals surface area contributed by atoms with E-state index < -0.39 is 0 Å². The maximum atomic E-state index is 11.5. The highest BCUT2D eigenvalue weighted by atomic mass is 16.1. The lowest BCUT2D eigenvalue weighted by molar-refractivity contribution is -0.121. The van der Waals surface area contributed by atoms with Crippen molar-refractivity contribution in [2.24, 2.45) is 29.6 Å². The molecule has 3 aliphatic rings. The van der Waals surface area contributed by atoms with Crippen molar-refractivity contribution in [3.05, 3.63) is 0 Å². The smallest absolute Gasteiger partial charge is 0.136 e. The number of carbonyl (C=O) groups excluding carboxylic acids is 1. The Morgan fingerprint density at radius 2 is 2.00 bits per heavy atom. The number of hydrogen-bond acceptors (Lipinski definition) is 1. The summed E-state index contributed by atoms with van der Waals surface area (Å²) in [6.45, 7) is 2.16. The van der Waals surface area contributed by atoms with E-state index in [4.69, 9.17) is 0 Å². The Morgan fingerprint density at radius 3 is 2.75 bits per heavy atom. The molecule has 2 bridgehead atoms.